The SMILES string of the molecule is C=CC[C@@H](CN(C=O)C(C(=O)OC)C(=O)OC)C1(C)OCCO1. The molecule has 0 aromatic heterocycles. The van der Waals surface area contributed by atoms with Crippen LogP contribution in [0.25, 0.3) is 0 Å². The van der Waals surface area contributed by atoms with Crippen LogP contribution in [-0.2, 0) is 33.3 Å². The van der Waals surface area contributed by atoms with Gasteiger partial charge in [-0.1, -0.05) is 6.08 Å². The zero-order valence-corrected chi connectivity index (χ0v) is 13.6. The number of methoxy groups -OCH3 is 2. The van der Waals surface area contributed by atoms with E-state index in [0.717, 1.165) is 19.1 Å². The van der Waals surface area contributed by atoms with E-state index in [1.807, 2.05) is 0 Å². The van der Waals surface area contributed by atoms with Gasteiger partial charge in [0.25, 0.3) is 0 Å². The van der Waals surface area contributed by atoms with Gasteiger partial charge in [-0.25, -0.2) is 9.59 Å². The Balaban J connectivity index is 3.00. The lowest BCUT2D eigenvalue weighted by Crippen LogP contribution is -2.52. The quantitative estimate of drug-likeness (QED) is 0.257. The van der Waals surface area contributed by atoms with Crippen LogP contribution in [-0.4, -0.2) is 69.1 Å². The van der Waals surface area contributed by atoms with E-state index in [2.05, 4.69) is 16.1 Å². The third-order valence-corrected chi connectivity index (χ3v) is 3.80. The lowest BCUT2D eigenvalue weighted by atomic mass is 9.94. The number of rotatable bonds is 9. The molecule has 0 aromatic rings. The molecule has 0 spiro atoms. The van der Waals surface area contributed by atoms with Crippen LogP contribution in [0.2, 0.25) is 0 Å². The first-order valence-corrected chi connectivity index (χ1v) is 7.19. The zero-order chi connectivity index (χ0) is 17.5. The summed E-state index contributed by atoms with van der Waals surface area (Å²) in [5.74, 6) is -2.99. The summed E-state index contributed by atoms with van der Waals surface area (Å²) < 4.78 is 20.4. The minimum Gasteiger partial charge on any atom is -0.467 e. The molecule has 1 atom stereocenters. The second-order valence-corrected chi connectivity index (χ2v) is 5.19. The highest BCUT2D eigenvalue weighted by atomic mass is 16.7. The van der Waals surface area contributed by atoms with Crippen molar-refractivity contribution in [1.82, 2.24) is 4.90 Å². The fourth-order valence-corrected chi connectivity index (χ4v) is 2.48. The summed E-state index contributed by atoms with van der Waals surface area (Å²) in [6, 6.07) is -1.47. The van der Waals surface area contributed by atoms with Crippen molar-refractivity contribution in [2.24, 2.45) is 5.92 Å². The van der Waals surface area contributed by atoms with Crippen molar-refractivity contribution in [3.63, 3.8) is 0 Å². The summed E-state index contributed by atoms with van der Waals surface area (Å²) >= 11 is 0. The maximum absolute atomic E-state index is 11.8. The lowest BCUT2D eigenvalue weighted by Gasteiger charge is -2.35. The van der Waals surface area contributed by atoms with Gasteiger partial charge < -0.3 is 23.8 Å². The van der Waals surface area contributed by atoms with Gasteiger partial charge in [0.15, 0.2) is 5.79 Å². The summed E-state index contributed by atoms with van der Waals surface area (Å²) in [4.78, 5) is 36.2. The number of carbonyl (C=O) groups is 3. The number of allylic oxidation sites excluding steroid dienone is 1. The first-order valence-electron chi connectivity index (χ1n) is 7.19. The van der Waals surface area contributed by atoms with Gasteiger partial charge in [0.2, 0.25) is 12.5 Å². The molecule has 0 radical (unpaired) electrons. The largest absolute Gasteiger partial charge is 0.467 e. The molecule has 1 heterocycles. The molecule has 0 aromatic carbocycles. The number of hydrogen-bond donors (Lipinski definition) is 0. The standard InChI is InChI=1S/C15H23NO7/c1-5-6-11(15(2)22-7-8-23-15)9-16(10-17)12(13(18)20-3)14(19)21-4/h5,10-12H,1,6-9H2,2-4H3/t11-/m0/s1. The molecule has 0 saturated carbocycles. The molecular formula is C15H23NO7. The summed E-state index contributed by atoms with van der Waals surface area (Å²) in [7, 11) is 2.26. The average Bonchev–Trinajstić information content (AvgIpc) is 3.00. The van der Waals surface area contributed by atoms with Crippen molar-refractivity contribution in [3.05, 3.63) is 12.7 Å². The second kappa shape index (κ2) is 8.64. The molecule has 1 saturated heterocycles. The molecule has 130 valence electrons. The Morgan fingerprint density at radius 1 is 1.26 bits per heavy atom. The molecule has 0 bridgehead atoms. The van der Waals surface area contributed by atoms with Crippen LogP contribution in [0, 0.1) is 5.92 Å². The van der Waals surface area contributed by atoms with Crippen LogP contribution in [0.3, 0.4) is 0 Å². The summed E-state index contributed by atoms with van der Waals surface area (Å²) in [6.07, 6.45) is 2.54. The fraction of sp³-hybridized carbons (Fsp3) is 0.667. The molecule has 1 fully saturated rings. The Labute approximate surface area is 135 Å². The van der Waals surface area contributed by atoms with Crippen LogP contribution in [0.15, 0.2) is 12.7 Å². The second-order valence-electron chi connectivity index (χ2n) is 5.19. The minimum atomic E-state index is -1.47. The number of hydrogen-bond acceptors (Lipinski definition) is 7. The third-order valence-electron chi connectivity index (χ3n) is 3.80. The van der Waals surface area contributed by atoms with Crippen molar-refractivity contribution in [2.45, 2.75) is 25.2 Å². The van der Waals surface area contributed by atoms with Gasteiger partial charge in [0.1, 0.15) is 0 Å². The van der Waals surface area contributed by atoms with Gasteiger partial charge in [-0.05, 0) is 13.3 Å². The van der Waals surface area contributed by atoms with Crippen molar-refractivity contribution < 1.29 is 33.3 Å². The van der Waals surface area contributed by atoms with Gasteiger partial charge >= 0.3 is 11.9 Å². The maximum Gasteiger partial charge on any atom is 0.340 e. The molecule has 0 unspecified atom stereocenters. The van der Waals surface area contributed by atoms with E-state index in [0.29, 0.717) is 26.0 Å². The van der Waals surface area contributed by atoms with E-state index in [4.69, 9.17) is 9.47 Å². The Hall–Kier alpha value is -1.93. The van der Waals surface area contributed by atoms with Gasteiger partial charge in [0.05, 0.1) is 27.4 Å². The Morgan fingerprint density at radius 2 is 1.78 bits per heavy atom. The van der Waals surface area contributed by atoms with Gasteiger partial charge in [-0.3, -0.25) is 4.79 Å². The first-order chi connectivity index (χ1) is 10.9. The van der Waals surface area contributed by atoms with Crippen LogP contribution >= 0.6 is 0 Å². The molecule has 1 amide bonds. The average molecular weight is 329 g/mol. The van der Waals surface area contributed by atoms with E-state index in [1.54, 1.807) is 13.0 Å². The Morgan fingerprint density at radius 3 is 2.17 bits per heavy atom. The summed E-state index contributed by atoms with van der Waals surface area (Å²) in [5.41, 5.74) is 0. The Kier molecular flexibility index (Phi) is 7.18. The van der Waals surface area contributed by atoms with Crippen molar-refractivity contribution in [2.75, 3.05) is 34.0 Å². The highest BCUT2D eigenvalue weighted by Gasteiger charge is 2.43. The monoisotopic (exact) mass is 329 g/mol. The molecule has 8 nitrogen and oxygen atoms in total. The summed E-state index contributed by atoms with van der Waals surface area (Å²) in [5, 5.41) is 0. The highest BCUT2D eigenvalue weighted by Crippen LogP contribution is 2.31. The van der Waals surface area contributed by atoms with E-state index >= 15 is 0 Å². The van der Waals surface area contributed by atoms with Crippen LogP contribution in [0.5, 0.6) is 0 Å². The van der Waals surface area contributed by atoms with Crippen LogP contribution in [0.4, 0.5) is 0 Å². The molecule has 8 heteroatoms. The van der Waals surface area contributed by atoms with Crippen LogP contribution in [0.1, 0.15) is 13.3 Å². The van der Waals surface area contributed by atoms with Gasteiger partial charge in [0, 0.05) is 12.5 Å². The van der Waals surface area contributed by atoms with E-state index in [-0.39, 0.29) is 12.5 Å². The first kappa shape index (κ1) is 19.1. The Bertz CT molecular complexity index is 429. The number of nitrogens with zero attached hydrogens (tertiary/aromatic N) is 1. The molecule has 1 rings (SSSR count). The van der Waals surface area contributed by atoms with Crippen molar-refractivity contribution >= 4 is 18.3 Å². The molecule has 23 heavy (non-hydrogen) atoms. The normalized spacial score (nSPS) is 17.4. The molecule has 1 aliphatic heterocycles. The predicted octanol–water partition coefficient (Wildman–Crippen LogP) is 0.115. The number of esters is 2. The molecule has 1 aliphatic rings. The number of ether oxygens (including phenoxy) is 4. The van der Waals surface area contributed by atoms with Crippen molar-refractivity contribution in [1.29, 1.82) is 0 Å². The topological polar surface area (TPSA) is 91.4 Å². The fourth-order valence-electron chi connectivity index (χ4n) is 2.48. The number of carbonyl (C=O) groups excluding carboxylic acids is 3. The van der Waals surface area contributed by atoms with E-state index < -0.39 is 23.8 Å². The number of amides is 1. The lowest BCUT2D eigenvalue weighted by molar-refractivity contribution is -0.189. The summed E-state index contributed by atoms with van der Waals surface area (Å²) in [6.45, 7) is 6.34. The van der Waals surface area contributed by atoms with E-state index in [1.165, 1.54) is 0 Å². The third kappa shape index (κ3) is 4.52. The van der Waals surface area contributed by atoms with E-state index in [9.17, 15) is 14.4 Å². The van der Waals surface area contributed by atoms with Gasteiger partial charge in [-0.15, -0.1) is 6.58 Å². The molecule has 0 N–H and O–H groups in total. The predicted molar refractivity (Wildman–Crippen MR) is 79.2 cm³/mol. The van der Waals surface area contributed by atoms with Crippen LogP contribution < -0.4 is 0 Å². The maximum atomic E-state index is 11.8. The molecule has 0 aliphatic carbocycles. The van der Waals surface area contributed by atoms with Crippen molar-refractivity contribution in [3.8, 4) is 0 Å². The highest BCUT2D eigenvalue weighted by molar-refractivity contribution is 6.00. The minimum absolute atomic E-state index is 0.0425. The van der Waals surface area contributed by atoms with Gasteiger partial charge in [-0.2, -0.15) is 0 Å². The smallest absolute Gasteiger partial charge is 0.340 e. The molecular weight excluding hydrogens is 306 g/mol. The zero-order valence-electron chi connectivity index (χ0n) is 13.6.